The first-order chi connectivity index (χ1) is 8.22. The van der Waals surface area contributed by atoms with E-state index in [1.165, 1.54) is 6.07 Å². The van der Waals surface area contributed by atoms with Gasteiger partial charge in [-0.3, -0.25) is 0 Å². The van der Waals surface area contributed by atoms with Gasteiger partial charge in [0.1, 0.15) is 5.82 Å². The van der Waals surface area contributed by atoms with Crippen LogP contribution in [0.15, 0.2) is 18.2 Å². The van der Waals surface area contributed by atoms with Crippen LogP contribution in [-0.4, -0.2) is 6.04 Å². The molecule has 1 aromatic carbocycles. The number of nitrogens with zero attached hydrogens (tertiary/aromatic N) is 1. The summed E-state index contributed by atoms with van der Waals surface area (Å²) in [5, 5.41) is 12.4. The lowest BCUT2D eigenvalue weighted by atomic mass is 9.85. The third-order valence-electron chi connectivity index (χ3n) is 3.54. The SMILES string of the molecule is Cc1c(F)cccc1NC1CCCCC1C#N. The fourth-order valence-corrected chi connectivity index (χ4v) is 2.42. The normalized spacial score (nSPS) is 24.1. The largest absolute Gasteiger partial charge is 0.381 e. The van der Waals surface area contributed by atoms with Crippen molar-refractivity contribution in [1.29, 1.82) is 5.26 Å². The van der Waals surface area contributed by atoms with Crippen LogP contribution in [0.1, 0.15) is 31.2 Å². The molecule has 2 unspecified atom stereocenters. The van der Waals surface area contributed by atoms with E-state index in [1.54, 1.807) is 13.0 Å². The van der Waals surface area contributed by atoms with E-state index < -0.39 is 0 Å². The second-order valence-corrected chi connectivity index (χ2v) is 4.68. The van der Waals surface area contributed by atoms with Crippen molar-refractivity contribution in [3.05, 3.63) is 29.6 Å². The van der Waals surface area contributed by atoms with Gasteiger partial charge in [-0.15, -0.1) is 0 Å². The molecule has 17 heavy (non-hydrogen) atoms. The summed E-state index contributed by atoms with van der Waals surface area (Å²) in [7, 11) is 0. The Morgan fingerprint density at radius 2 is 2.12 bits per heavy atom. The molecule has 2 rings (SSSR count). The van der Waals surface area contributed by atoms with Crippen LogP contribution in [0, 0.1) is 30.0 Å². The summed E-state index contributed by atoms with van der Waals surface area (Å²) < 4.78 is 13.4. The van der Waals surface area contributed by atoms with Crippen molar-refractivity contribution in [2.24, 2.45) is 5.92 Å². The lowest BCUT2D eigenvalue weighted by molar-refractivity contribution is 0.388. The first-order valence-electron chi connectivity index (χ1n) is 6.13. The van der Waals surface area contributed by atoms with Gasteiger partial charge in [0.15, 0.2) is 0 Å². The van der Waals surface area contributed by atoms with E-state index >= 15 is 0 Å². The Labute approximate surface area is 101 Å². The zero-order valence-electron chi connectivity index (χ0n) is 10.0. The molecule has 3 heteroatoms. The number of benzene rings is 1. The molecular weight excluding hydrogens is 215 g/mol. The number of rotatable bonds is 2. The fraction of sp³-hybridized carbons (Fsp3) is 0.500. The molecule has 2 nitrogen and oxygen atoms in total. The summed E-state index contributed by atoms with van der Waals surface area (Å²) in [6.45, 7) is 1.77. The van der Waals surface area contributed by atoms with Gasteiger partial charge in [-0.25, -0.2) is 4.39 Å². The standard InChI is InChI=1S/C14H17FN2/c1-10-12(15)6-4-8-13(10)17-14-7-3-2-5-11(14)9-16/h4,6,8,11,14,17H,2-3,5,7H2,1H3. The molecule has 0 amide bonds. The predicted octanol–water partition coefficient (Wildman–Crippen LogP) is 3.63. The van der Waals surface area contributed by atoms with Gasteiger partial charge < -0.3 is 5.32 Å². The van der Waals surface area contributed by atoms with E-state index in [1.807, 2.05) is 6.07 Å². The van der Waals surface area contributed by atoms with Gasteiger partial charge in [-0.2, -0.15) is 5.26 Å². The minimum atomic E-state index is -0.195. The van der Waals surface area contributed by atoms with Gasteiger partial charge in [0.2, 0.25) is 0 Å². The van der Waals surface area contributed by atoms with Crippen LogP contribution >= 0.6 is 0 Å². The average Bonchev–Trinajstić information content (AvgIpc) is 2.35. The first-order valence-corrected chi connectivity index (χ1v) is 6.13. The van der Waals surface area contributed by atoms with E-state index in [4.69, 9.17) is 5.26 Å². The molecule has 1 aliphatic carbocycles. The third kappa shape index (κ3) is 2.58. The molecule has 90 valence electrons. The highest BCUT2D eigenvalue weighted by Gasteiger charge is 2.25. The molecule has 0 radical (unpaired) electrons. The quantitative estimate of drug-likeness (QED) is 0.845. The summed E-state index contributed by atoms with van der Waals surface area (Å²) in [6, 6.07) is 7.55. The van der Waals surface area contributed by atoms with Crippen molar-refractivity contribution in [3.8, 4) is 6.07 Å². The van der Waals surface area contributed by atoms with Crippen molar-refractivity contribution in [2.45, 2.75) is 38.6 Å². The van der Waals surface area contributed by atoms with Crippen LogP contribution in [0.4, 0.5) is 10.1 Å². The van der Waals surface area contributed by atoms with Crippen molar-refractivity contribution in [3.63, 3.8) is 0 Å². The number of hydrogen-bond acceptors (Lipinski definition) is 2. The van der Waals surface area contributed by atoms with E-state index in [9.17, 15) is 4.39 Å². The van der Waals surface area contributed by atoms with Gasteiger partial charge in [0.25, 0.3) is 0 Å². The van der Waals surface area contributed by atoms with Crippen LogP contribution in [-0.2, 0) is 0 Å². The van der Waals surface area contributed by atoms with Crippen molar-refractivity contribution >= 4 is 5.69 Å². The molecule has 1 aliphatic rings. The highest BCUT2D eigenvalue weighted by atomic mass is 19.1. The number of nitriles is 1. The van der Waals surface area contributed by atoms with E-state index in [2.05, 4.69) is 11.4 Å². The molecule has 0 saturated heterocycles. The summed E-state index contributed by atoms with van der Waals surface area (Å²) in [6.07, 6.45) is 4.21. The minimum Gasteiger partial charge on any atom is -0.381 e. The molecule has 0 bridgehead atoms. The molecular formula is C14H17FN2. The van der Waals surface area contributed by atoms with E-state index in [-0.39, 0.29) is 17.8 Å². The number of halogens is 1. The molecule has 2 atom stereocenters. The zero-order chi connectivity index (χ0) is 12.3. The maximum atomic E-state index is 13.4. The molecule has 0 aliphatic heterocycles. The average molecular weight is 232 g/mol. The number of hydrogen-bond donors (Lipinski definition) is 1. The Hall–Kier alpha value is -1.56. The lowest BCUT2D eigenvalue weighted by Gasteiger charge is -2.29. The third-order valence-corrected chi connectivity index (χ3v) is 3.54. The molecule has 1 fully saturated rings. The van der Waals surface area contributed by atoms with Crippen LogP contribution in [0.25, 0.3) is 0 Å². The Balaban J connectivity index is 2.14. The van der Waals surface area contributed by atoms with Crippen molar-refractivity contribution in [1.82, 2.24) is 0 Å². The first kappa shape index (κ1) is 11.9. The van der Waals surface area contributed by atoms with Gasteiger partial charge in [-0.05, 0) is 31.9 Å². The smallest absolute Gasteiger partial charge is 0.128 e. The van der Waals surface area contributed by atoms with Gasteiger partial charge in [0.05, 0.1) is 12.0 Å². The number of nitrogens with one attached hydrogen (secondary N) is 1. The lowest BCUT2D eigenvalue weighted by Crippen LogP contribution is -2.31. The number of anilines is 1. The highest BCUT2D eigenvalue weighted by molar-refractivity contribution is 5.52. The second-order valence-electron chi connectivity index (χ2n) is 4.68. The summed E-state index contributed by atoms with van der Waals surface area (Å²) in [5.41, 5.74) is 1.45. The highest BCUT2D eigenvalue weighted by Crippen LogP contribution is 2.28. The Morgan fingerprint density at radius 1 is 1.35 bits per heavy atom. The molecule has 0 aromatic heterocycles. The van der Waals surface area contributed by atoms with Crippen LogP contribution in [0.2, 0.25) is 0 Å². The molecule has 1 N–H and O–H groups in total. The summed E-state index contributed by atoms with van der Waals surface area (Å²) in [4.78, 5) is 0. The topological polar surface area (TPSA) is 35.8 Å². The Kier molecular flexibility index (Phi) is 3.63. The van der Waals surface area contributed by atoms with Crippen molar-refractivity contribution < 1.29 is 4.39 Å². The van der Waals surface area contributed by atoms with Crippen LogP contribution < -0.4 is 5.32 Å². The predicted molar refractivity (Wildman–Crippen MR) is 66.1 cm³/mol. The molecule has 1 aromatic rings. The maximum absolute atomic E-state index is 13.4. The van der Waals surface area contributed by atoms with Crippen LogP contribution in [0.3, 0.4) is 0 Å². The van der Waals surface area contributed by atoms with Gasteiger partial charge in [-0.1, -0.05) is 18.9 Å². The van der Waals surface area contributed by atoms with Gasteiger partial charge >= 0.3 is 0 Å². The van der Waals surface area contributed by atoms with E-state index in [0.29, 0.717) is 5.56 Å². The maximum Gasteiger partial charge on any atom is 0.128 e. The fourth-order valence-electron chi connectivity index (χ4n) is 2.42. The summed E-state index contributed by atoms with van der Waals surface area (Å²) in [5.74, 6) is -0.147. The monoisotopic (exact) mass is 232 g/mol. The summed E-state index contributed by atoms with van der Waals surface area (Å²) >= 11 is 0. The van der Waals surface area contributed by atoms with E-state index in [0.717, 1.165) is 31.4 Å². The molecule has 0 spiro atoms. The van der Waals surface area contributed by atoms with Crippen molar-refractivity contribution in [2.75, 3.05) is 5.32 Å². The molecule has 0 heterocycles. The molecule has 1 saturated carbocycles. The zero-order valence-corrected chi connectivity index (χ0v) is 10.0. The minimum absolute atomic E-state index is 0.0476. The van der Waals surface area contributed by atoms with Crippen LogP contribution in [0.5, 0.6) is 0 Å². The second kappa shape index (κ2) is 5.18. The Bertz CT molecular complexity index is 436. The van der Waals surface area contributed by atoms with Gasteiger partial charge in [0, 0.05) is 17.3 Å². The Morgan fingerprint density at radius 3 is 2.88 bits per heavy atom.